The van der Waals surface area contributed by atoms with Crippen LogP contribution in [0.25, 0.3) is 6.08 Å². The Labute approximate surface area is 179 Å². The largest absolute Gasteiger partial charge is 0.481 e. The van der Waals surface area contributed by atoms with E-state index in [9.17, 15) is 9.59 Å². The first-order valence-corrected chi connectivity index (χ1v) is 11.7. The van der Waals surface area contributed by atoms with Gasteiger partial charge in [0.15, 0.2) is 5.78 Å². The maximum absolute atomic E-state index is 12.2. The quantitative estimate of drug-likeness (QED) is 0.137. The number of hydrogen-bond donors (Lipinski definition) is 2. The highest BCUT2D eigenvalue weighted by atomic mass is 32.2. The van der Waals surface area contributed by atoms with Gasteiger partial charge in [0.1, 0.15) is 5.94 Å². The molecule has 1 aromatic carbocycles. The van der Waals surface area contributed by atoms with Gasteiger partial charge in [-0.2, -0.15) is 0 Å². The number of carboxylic acids is 1. The Morgan fingerprint density at radius 1 is 1.07 bits per heavy atom. The lowest BCUT2D eigenvalue weighted by atomic mass is 10.1. The van der Waals surface area contributed by atoms with E-state index in [1.165, 1.54) is 50.3 Å². The van der Waals surface area contributed by atoms with Crippen molar-refractivity contribution in [3.05, 3.63) is 41.5 Å². The van der Waals surface area contributed by atoms with Gasteiger partial charge in [-0.3, -0.25) is 14.4 Å². The van der Waals surface area contributed by atoms with E-state index in [-0.39, 0.29) is 12.2 Å². The second-order valence-electron chi connectivity index (χ2n) is 7.01. The number of unbranched alkanes of at least 4 members (excludes halogenated alkanes) is 6. The summed E-state index contributed by atoms with van der Waals surface area (Å²) in [6.45, 7) is 2.72. The fourth-order valence-electron chi connectivity index (χ4n) is 2.73. The van der Waals surface area contributed by atoms with E-state index in [0.717, 1.165) is 12.0 Å². The summed E-state index contributed by atoms with van der Waals surface area (Å²) >= 11 is 1.39. The minimum absolute atomic E-state index is 0.0760. The first-order valence-electron chi connectivity index (χ1n) is 10.6. The van der Waals surface area contributed by atoms with E-state index < -0.39 is 5.97 Å². The van der Waals surface area contributed by atoms with Crippen molar-refractivity contribution in [1.82, 2.24) is 5.48 Å². The number of Topliss-reactive ketones (excluding diaryl/α,β-unsaturated/α-hetero) is 1. The van der Waals surface area contributed by atoms with E-state index in [0.29, 0.717) is 30.2 Å². The van der Waals surface area contributed by atoms with Crippen LogP contribution in [0.15, 0.2) is 30.3 Å². The molecule has 0 fully saturated rings. The summed E-state index contributed by atoms with van der Waals surface area (Å²) < 4.78 is 0. The molecule has 0 aliphatic rings. The van der Waals surface area contributed by atoms with Crippen molar-refractivity contribution in [3.8, 4) is 0 Å². The highest BCUT2D eigenvalue weighted by Gasteiger charge is 2.05. The van der Waals surface area contributed by atoms with Gasteiger partial charge >= 0.3 is 5.97 Å². The predicted molar refractivity (Wildman–Crippen MR) is 121 cm³/mol. The van der Waals surface area contributed by atoms with Crippen molar-refractivity contribution in [2.75, 3.05) is 18.2 Å². The fraction of sp³-hybridized carbons (Fsp3) is 0.565. The van der Waals surface area contributed by atoms with Crippen LogP contribution in [-0.2, 0) is 9.63 Å². The molecule has 0 heterocycles. The summed E-state index contributed by atoms with van der Waals surface area (Å²) in [5.74, 6) is -0.0413. The van der Waals surface area contributed by atoms with Gasteiger partial charge in [0.2, 0.25) is 0 Å². The van der Waals surface area contributed by atoms with E-state index in [2.05, 4.69) is 24.6 Å². The Balaban J connectivity index is 2.13. The number of hydroxylamine groups is 1. The van der Waals surface area contributed by atoms with E-state index in [1.807, 2.05) is 24.3 Å². The van der Waals surface area contributed by atoms with E-state index >= 15 is 0 Å². The smallest absolute Gasteiger partial charge is 0.303 e. The molecule has 1 rings (SSSR count). The first kappa shape index (κ1) is 25.4. The van der Waals surface area contributed by atoms with Crippen LogP contribution in [-0.4, -0.2) is 35.1 Å². The number of hydrogen-bond acceptors (Lipinski definition) is 5. The summed E-state index contributed by atoms with van der Waals surface area (Å²) in [6, 6.07) is 7.71. The molecule has 0 radical (unpaired) electrons. The van der Waals surface area contributed by atoms with Crippen molar-refractivity contribution in [1.29, 1.82) is 0 Å². The SMILES string of the molecule is CCCCCCCCC=Cc1ccc(C(=O)CSCONCCCC(=O)O)cc1. The lowest BCUT2D eigenvalue weighted by Crippen LogP contribution is -2.17. The molecular weight excluding hydrogens is 386 g/mol. The molecule has 5 nitrogen and oxygen atoms in total. The molecule has 0 aliphatic carbocycles. The van der Waals surface area contributed by atoms with Crippen LogP contribution in [0.3, 0.4) is 0 Å². The number of rotatable bonds is 18. The Morgan fingerprint density at radius 3 is 2.52 bits per heavy atom. The maximum Gasteiger partial charge on any atom is 0.303 e. The first-order chi connectivity index (χ1) is 14.1. The monoisotopic (exact) mass is 421 g/mol. The Morgan fingerprint density at radius 2 is 1.79 bits per heavy atom. The maximum atomic E-state index is 12.2. The molecule has 2 N–H and O–H groups in total. The number of aliphatic carboxylic acids is 1. The molecule has 6 heteroatoms. The molecule has 0 aromatic heterocycles. The molecule has 0 atom stereocenters. The molecule has 0 aliphatic heterocycles. The minimum Gasteiger partial charge on any atom is -0.481 e. The highest BCUT2D eigenvalue weighted by molar-refractivity contribution is 7.99. The number of ketones is 1. The second kappa shape index (κ2) is 17.2. The van der Waals surface area contributed by atoms with Crippen molar-refractivity contribution < 1.29 is 19.5 Å². The summed E-state index contributed by atoms with van der Waals surface area (Å²) in [4.78, 5) is 27.7. The van der Waals surface area contributed by atoms with E-state index in [1.54, 1.807) is 0 Å². The van der Waals surface area contributed by atoms with Gasteiger partial charge in [-0.25, -0.2) is 5.48 Å². The van der Waals surface area contributed by atoms with Crippen LogP contribution >= 0.6 is 11.8 Å². The third-order valence-corrected chi connectivity index (χ3v) is 5.17. The van der Waals surface area contributed by atoms with Crippen molar-refractivity contribution in [3.63, 3.8) is 0 Å². The Hall–Kier alpha value is -1.63. The van der Waals surface area contributed by atoms with Gasteiger partial charge in [-0.15, -0.1) is 11.8 Å². The zero-order valence-corrected chi connectivity index (χ0v) is 18.3. The number of carboxylic acid groups (broad SMARTS) is 1. The van der Waals surface area contributed by atoms with Gasteiger partial charge in [-0.1, -0.05) is 75.4 Å². The third kappa shape index (κ3) is 14.1. The summed E-state index contributed by atoms with van der Waals surface area (Å²) in [5, 5.41) is 8.52. The number of carbonyl (C=O) groups is 2. The van der Waals surface area contributed by atoms with Crippen molar-refractivity contribution in [2.24, 2.45) is 0 Å². The molecule has 1 aromatic rings. The molecule has 0 spiro atoms. The molecule has 29 heavy (non-hydrogen) atoms. The second-order valence-corrected chi connectivity index (χ2v) is 7.94. The van der Waals surface area contributed by atoms with Crippen LogP contribution in [0.4, 0.5) is 0 Å². The summed E-state index contributed by atoms with van der Waals surface area (Å²) in [6.07, 6.45) is 13.9. The third-order valence-electron chi connectivity index (χ3n) is 4.41. The van der Waals surface area contributed by atoms with Gasteiger partial charge in [-0.05, 0) is 24.8 Å². The summed E-state index contributed by atoms with van der Waals surface area (Å²) in [5.41, 5.74) is 4.53. The predicted octanol–water partition coefficient (Wildman–Crippen LogP) is 5.71. The molecular formula is C23H35NO4S. The standard InChI is InChI=1S/C23H35NO4S/c1-2-3-4-5-6-7-8-9-11-20-13-15-21(16-14-20)22(25)18-29-19-28-24-17-10-12-23(26)27/h9,11,13-16,24H,2-8,10,12,17-19H2,1H3,(H,26,27). The van der Waals surface area contributed by atoms with Crippen LogP contribution in [0.2, 0.25) is 0 Å². The molecule has 0 amide bonds. The molecule has 0 saturated carbocycles. The van der Waals surface area contributed by atoms with Crippen LogP contribution in [0.1, 0.15) is 80.6 Å². The van der Waals surface area contributed by atoms with Gasteiger partial charge < -0.3 is 5.11 Å². The van der Waals surface area contributed by atoms with Crippen LogP contribution in [0, 0.1) is 0 Å². The number of benzene rings is 1. The molecule has 0 bridgehead atoms. The topological polar surface area (TPSA) is 75.6 Å². The van der Waals surface area contributed by atoms with Gasteiger partial charge in [0.05, 0.1) is 5.75 Å². The average molecular weight is 422 g/mol. The van der Waals surface area contributed by atoms with Gasteiger partial charge in [0.25, 0.3) is 0 Å². The Bertz CT molecular complexity index is 601. The number of allylic oxidation sites excluding steroid dienone is 1. The summed E-state index contributed by atoms with van der Waals surface area (Å²) in [7, 11) is 0. The molecule has 162 valence electrons. The van der Waals surface area contributed by atoms with E-state index in [4.69, 9.17) is 9.94 Å². The molecule has 0 saturated heterocycles. The van der Waals surface area contributed by atoms with Crippen molar-refractivity contribution in [2.45, 2.75) is 64.7 Å². The average Bonchev–Trinajstić information content (AvgIpc) is 2.72. The van der Waals surface area contributed by atoms with Crippen LogP contribution < -0.4 is 5.48 Å². The number of thioether (sulfide) groups is 1. The van der Waals surface area contributed by atoms with Crippen molar-refractivity contribution >= 4 is 29.6 Å². The number of carbonyl (C=O) groups excluding carboxylic acids is 1. The zero-order chi connectivity index (χ0) is 21.2. The zero-order valence-electron chi connectivity index (χ0n) is 17.5. The lowest BCUT2D eigenvalue weighted by molar-refractivity contribution is -0.137. The Kier molecular flexibility index (Phi) is 15.1. The number of nitrogens with one attached hydrogen (secondary N) is 1. The van der Waals surface area contributed by atoms with Crippen LogP contribution in [0.5, 0.6) is 0 Å². The minimum atomic E-state index is -0.814. The lowest BCUT2D eigenvalue weighted by Gasteiger charge is -2.05. The highest BCUT2D eigenvalue weighted by Crippen LogP contribution is 2.12. The fourth-order valence-corrected chi connectivity index (χ4v) is 3.33. The van der Waals surface area contributed by atoms with Gasteiger partial charge in [0, 0.05) is 18.5 Å². The normalized spacial score (nSPS) is 11.2. The molecule has 0 unspecified atom stereocenters.